The van der Waals surface area contributed by atoms with Crippen molar-refractivity contribution in [3.05, 3.63) is 54.6 Å². The normalized spacial score (nSPS) is 27.6. The Kier molecular flexibility index (Phi) is 8.60. The van der Waals surface area contributed by atoms with Gasteiger partial charge in [0.25, 0.3) is 5.91 Å². The fourth-order valence-corrected chi connectivity index (χ4v) is 7.02. The lowest BCUT2D eigenvalue weighted by molar-refractivity contribution is -0.0350. The minimum Gasteiger partial charge on any atom is -0.364 e. The van der Waals surface area contributed by atoms with E-state index in [9.17, 15) is 9.69 Å². The van der Waals surface area contributed by atoms with Crippen LogP contribution in [-0.4, -0.2) is 76.7 Å². The molecule has 4 aromatic heterocycles. The highest BCUT2D eigenvalue weighted by Crippen LogP contribution is 2.52. The summed E-state index contributed by atoms with van der Waals surface area (Å²) in [4.78, 5) is 48.5. The smallest absolute Gasteiger partial charge is 0.324 e. The van der Waals surface area contributed by atoms with Crippen LogP contribution in [0.2, 0.25) is 0 Å². The average Bonchev–Trinajstić information content (AvgIpc) is 3.69. The van der Waals surface area contributed by atoms with Crippen molar-refractivity contribution >= 4 is 50.3 Å². The van der Waals surface area contributed by atoms with E-state index in [0.717, 1.165) is 5.56 Å². The first-order valence-electron chi connectivity index (χ1n) is 13.1. The average molecular weight is 640 g/mol. The second-order valence-corrected chi connectivity index (χ2v) is 13.5. The lowest BCUT2D eigenvalue weighted by atomic mass is 9.63. The zero-order valence-corrected chi connectivity index (χ0v) is 24.7. The summed E-state index contributed by atoms with van der Waals surface area (Å²) >= 11 is 5.24. The molecule has 2 unspecified atom stereocenters. The Labute approximate surface area is 245 Å². The molecule has 8 atom stereocenters. The highest BCUT2D eigenvalue weighted by Gasteiger charge is 2.43. The third-order valence-corrected chi connectivity index (χ3v) is 9.59. The molecule has 18 heteroatoms. The molecule has 4 aromatic rings. The number of amides is 1. The molecule has 1 amide bonds. The van der Waals surface area contributed by atoms with E-state index in [4.69, 9.17) is 40.7 Å². The molecule has 6 rings (SSSR count). The zero-order valence-electron chi connectivity index (χ0n) is 22.0. The van der Waals surface area contributed by atoms with Crippen molar-refractivity contribution in [3.8, 4) is 0 Å². The molecule has 224 valence electrons. The molecule has 0 spiro atoms. The number of primary amides is 1. The maximum absolute atomic E-state index is 15.1. The molecule has 4 N–H and O–H groups in total. The Hall–Kier alpha value is -2.52. The van der Waals surface area contributed by atoms with Gasteiger partial charge in [-0.05, 0) is 53.7 Å². The molecule has 1 saturated heterocycles. The van der Waals surface area contributed by atoms with Crippen LogP contribution in [0.15, 0.2) is 43.4 Å². The number of halogens is 1. The summed E-state index contributed by atoms with van der Waals surface area (Å²) in [5.41, 5.74) is 7.93. The summed E-state index contributed by atoms with van der Waals surface area (Å²) in [5.74, 6) is -0.801. The van der Waals surface area contributed by atoms with Crippen LogP contribution < -0.4 is 5.73 Å². The summed E-state index contributed by atoms with van der Waals surface area (Å²) in [6.45, 7) is -3.55. The van der Waals surface area contributed by atoms with E-state index in [0.29, 0.717) is 29.8 Å². The molecule has 0 bridgehead atoms. The van der Waals surface area contributed by atoms with Gasteiger partial charge in [0.05, 0.1) is 32.3 Å². The first kappa shape index (κ1) is 29.5. The van der Waals surface area contributed by atoms with Gasteiger partial charge >= 0.3 is 6.72 Å². The van der Waals surface area contributed by atoms with E-state index in [1.165, 1.54) is 17.1 Å². The van der Waals surface area contributed by atoms with Crippen molar-refractivity contribution < 1.29 is 37.3 Å². The number of rotatable bonds is 12. The monoisotopic (exact) mass is 639 g/mol. The molecular weight excluding hydrogens is 611 g/mol. The Bertz CT molecular complexity index is 1640. The van der Waals surface area contributed by atoms with Crippen LogP contribution in [-0.2, 0) is 30.1 Å². The Balaban J connectivity index is 1.07. The number of nitrogens with two attached hydrogens (primary N) is 1. The van der Waals surface area contributed by atoms with Crippen molar-refractivity contribution in [2.45, 2.75) is 37.3 Å². The number of pyridine rings is 1. The van der Waals surface area contributed by atoms with Gasteiger partial charge in [0.1, 0.15) is 18.2 Å². The molecule has 0 radical (unpaired) electrons. The number of ether oxygens (including phenoxy) is 1. The number of carbonyl (C=O) groups excluding carboxylic acids is 1. The minimum absolute atomic E-state index is 0.0155. The van der Waals surface area contributed by atoms with Gasteiger partial charge in [-0.1, -0.05) is 0 Å². The maximum Gasteiger partial charge on any atom is 0.324 e. The second-order valence-electron chi connectivity index (χ2n) is 10.2. The number of alkyl halides is 1. The van der Waals surface area contributed by atoms with Crippen LogP contribution in [0.3, 0.4) is 0 Å². The van der Waals surface area contributed by atoms with Gasteiger partial charge < -0.3 is 33.8 Å². The van der Waals surface area contributed by atoms with E-state index in [1.807, 2.05) is 0 Å². The number of nitrogens with zero attached hydrogens (tertiary/aromatic N) is 6. The van der Waals surface area contributed by atoms with Gasteiger partial charge in [0.2, 0.25) is 0 Å². The van der Waals surface area contributed by atoms with E-state index >= 15 is 4.39 Å². The van der Waals surface area contributed by atoms with Gasteiger partial charge in [-0.15, -0.1) is 0 Å². The molecule has 1 aliphatic carbocycles. The van der Waals surface area contributed by atoms with E-state index in [-0.39, 0.29) is 43.1 Å². The predicted molar refractivity (Wildman–Crippen MR) is 152 cm³/mol. The third-order valence-electron chi connectivity index (χ3n) is 7.72. The molecule has 14 nitrogen and oxygen atoms in total. The van der Waals surface area contributed by atoms with Crippen molar-refractivity contribution in [1.29, 1.82) is 0 Å². The topological polar surface area (TPSA) is 181 Å². The minimum atomic E-state index is -3.72. The highest BCUT2D eigenvalue weighted by molar-refractivity contribution is 8.07. The molecule has 42 heavy (non-hydrogen) atoms. The van der Waals surface area contributed by atoms with Crippen LogP contribution in [0, 0.1) is 11.8 Å². The van der Waals surface area contributed by atoms with Gasteiger partial charge in [0, 0.05) is 25.0 Å². The fourth-order valence-electron chi connectivity index (χ4n) is 5.57. The highest BCUT2D eigenvalue weighted by atomic mass is 32.5. The fraction of sp³-hybridized carbons (Fsp3) is 0.458. The first-order chi connectivity index (χ1) is 20.2. The molecular formula is C24H28FN7O7P2S. The Morgan fingerprint density at radius 3 is 2.81 bits per heavy atom. The van der Waals surface area contributed by atoms with E-state index in [1.54, 1.807) is 35.3 Å². The van der Waals surface area contributed by atoms with Gasteiger partial charge in [-0.25, -0.2) is 19.3 Å². The molecule has 0 aromatic carbocycles. The quantitative estimate of drug-likeness (QED) is 0.193. The number of fused-ring (bicyclic) bond motifs is 3. The SMILES string of the molecule is NC(=O)c1cc([C@@H]2C[C@H](COPO)[C@H]2COP(O)(=S)OC[C@@H]2C[C@@H](F)[C@H](n3cnc4c3ncn3ccnc43)O2)ccn1. The molecule has 1 saturated carbocycles. The number of hydrogen-bond acceptors (Lipinski definition) is 11. The third kappa shape index (κ3) is 5.96. The Morgan fingerprint density at radius 2 is 2.00 bits per heavy atom. The molecule has 1 aliphatic heterocycles. The van der Waals surface area contributed by atoms with Crippen LogP contribution in [0.1, 0.15) is 41.0 Å². The van der Waals surface area contributed by atoms with Crippen molar-refractivity contribution in [2.24, 2.45) is 17.6 Å². The van der Waals surface area contributed by atoms with Gasteiger partial charge in [-0.3, -0.25) is 18.7 Å². The van der Waals surface area contributed by atoms with Crippen LogP contribution in [0.5, 0.6) is 0 Å². The molecule has 2 aliphatic rings. The molecule has 5 heterocycles. The second kappa shape index (κ2) is 12.2. The lowest BCUT2D eigenvalue weighted by Crippen LogP contribution is -2.40. The van der Waals surface area contributed by atoms with Crippen molar-refractivity contribution in [2.75, 3.05) is 19.8 Å². The summed E-state index contributed by atoms with van der Waals surface area (Å²) in [6.07, 6.45) is 5.59. The van der Waals surface area contributed by atoms with Gasteiger partial charge in [0.15, 0.2) is 32.1 Å². The summed E-state index contributed by atoms with van der Waals surface area (Å²) in [7, 11) is -0.655. The van der Waals surface area contributed by atoms with Gasteiger partial charge in [-0.2, -0.15) is 0 Å². The van der Waals surface area contributed by atoms with Crippen LogP contribution in [0.4, 0.5) is 4.39 Å². The largest absolute Gasteiger partial charge is 0.364 e. The number of aromatic nitrogens is 6. The molecule has 2 fully saturated rings. The number of hydrogen-bond donors (Lipinski definition) is 3. The van der Waals surface area contributed by atoms with E-state index in [2.05, 4.69) is 19.9 Å². The summed E-state index contributed by atoms with van der Waals surface area (Å²) < 4.78 is 40.7. The maximum atomic E-state index is 15.1. The van der Waals surface area contributed by atoms with Crippen LogP contribution in [0.25, 0.3) is 16.8 Å². The van der Waals surface area contributed by atoms with Crippen LogP contribution >= 0.6 is 15.8 Å². The zero-order chi connectivity index (χ0) is 29.4. The summed E-state index contributed by atoms with van der Waals surface area (Å²) in [6, 6.07) is 3.42. The lowest BCUT2D eigenvalue weighted by Gasteiger charge is -2.45. The summed E-state index contributed by atoms with van der Waals surface area (Å²) in [5, 5.41) is 0. The number of imidazole rings is 2. The predicted octanol–water partition coefficient (Wildman–Crippen LogP) is 2.39. The van der Waals surface area contributed by atoms with E-state index < -0.39 is 40.2 Å². The van der Waals surface area contributed by atoms with Crippen molar-refractivity contribution in [1.82, 2.24) is 28.9 Å². The standard InChI is InChI=1S/C24H28FN7O7P2S/c25-18-7-15(39-24(18)32-12-29-20-22-28-3-4-31(22)11-30-23(20)32)9-37-41(35,42)38-10-17-14(8-36-40-34)5-16(17)13-1-2-27-19(6-13)21(26)33/h1-4,6,11-12,14-18,24,34,40H,5,7-10H2,(H2,26,33)(H,35,42)/t14-,15+,16+,17-,18-,24-,41?/m1/s1. The Morgan fingerprint density at radius 1 is 1.17 bits per heavy atom. The first-order valence-corrected chi connectivity index (χ1v) is 16.5. The number of carbonyl (C=O) groups is 1. The van der Waals surface area contributed by atoms with Crippen molar-refractivity contribution in [3.63, 3.8) is 0 Å².